The van der Waals surface area contributed by atoms with Crippen LogP contribution in [-0.4, -0.2) is 26.5 Å². The normalized spacial score (nSPS) is 11.8. The second-order valence-corrected chi connectivity index (χ2v) is 2.52. The van der Waals surface area contributed by atoms with Gasteiger partial charge in [-0.25, -0.2) is 0 Å². The highest BCUT2D eigenvalue weighted by molar-refractivity contribution is 5.57. The molecule has 0 aliphatic rings. The molecule has 0 saturated heterocycles. The van der Waals surface area contributed by atoms with Crippen molar-refractivity contribution in [2.45, 2.75) is 32.1 Å². The molecular weight excluding hydrogens is 136 g/mol. The van der Waals surface area contributed by atoms with Gasteiger partial charge >= 0.3 is 0 Å². The maximum absolute atomic E-state index is 3.92. The van der Waals surface area contributed by atoms with Crippen LogP contribution in [0.4, 0.5) is 0 Å². The zero-order chi connectivity index (χ0) is 8.36. The second kappa shape index (κ2) is 9.34. The van der Waals surface area contributed by atoms with Crippen LogP contribution >= 0.6 is 0 Å². The van der Waals surface area contributed by atoms with Crippen molar-refractivity contribution in [2.75, 3.05) is 14.1 Å². The van der Waals surface area contributed by atoms with E-state index in [1.165, 1.54) is 19.3 Å². The number of rotatable bonds is 6. The largest absolute Gasteiger partial charge is 0.301 e. The minimum absolute atomic E-state index is 1.12. The molecule has 0 fully saturated rings. The Hall–Kier alpha value is -0.660. The molecule has 64 valence electrons. The Labute approximate surface area is 69.4 Å². The minimum Gasteiger partial charge on any atom is -0.301 e. The van der Waals surface area contributed by atoms with Gasteiger partial charge in [0.2, 0.25) is 0 Å². The van der Waals surface area contributed by atoms with E-state index in [0.717, 1.165) is 12.8 Å². The number of hydrogen-bond donors (Lipinski definition) is 0. The number of hydrogen-bond acceptors (Lipinski definition) is 2. The molecule has 0 bridgehead atoms. The Morgan fingerprint density at radius 3 is 1.64 bits per heavy atom. The van der Waals surface area contributed by atoms with Gasteiger partial charge in [0.05, 0.1) is 0 Å². The molecule has 0 aromatic heterocycles. The summed E-state index contributed by atoms with van der Waals surface area (Å²) in [5, 5.41) is 0. The predicted octanol–water partition coefficient (Wildman–Crippen LogP) is 2.34. The van der Waals surface area contributed by atoms with Crippen LogP contribution in [0.1, 0.15) is 32.1 Å². The quantitative estimate of drug-likeness (QED) is 0.414. The van der Waals surface area contributed by atoms with Crippen molar-refractivity contribution in [3.63, 3.8) is 0 Å². The van der Waals surface area contributed by atoms with Crippen LogP contribution in [0.15, 0.2) is 9.98 Å². The van der Waals surface area contributed by atoms with E-state index >= 15 is 0 Å². The summed E-state index contributed by atoms with van der Waals surface area (Å²) in [7, 11) is 3.65. The predicted molar refractivity (Wildman–Crippen MR) is 51.9 cm³/mol. The van der Waals surface area contributed by atoms with Gasteiger partial charge in [-0.05, 0) is 38.1 Å². The van der Waals surface area contributed by atoms with Gasteiger partial charge in [-0.15, -0.1) is 0 Å². The Morgan fingerprint density at radius 1 is 0.818 bits per heavy atom. The Bertz CT molecular complexity index is 103. The summed E-state index contributed by atoms with van der Waals surface area (Å²) in [6.45, 7) is 0. The Balaban J connectivity index is 2.90. The summed E-state index contributed by atoms with van der Waals surface area (Å²) >= 11 is 0. The van der Waals surface area contributed by atoms with Crippen LogP contribution in [0.3, 0.4) is 0 Å². The van der Waals surface area contributed by atoms with Crippen molar-refractivity contribution in [2.24, 2.45) is 9.98 Å². The van der Waals surface area contributed by atoms with E-state index in [4.69, 9.17) is 0 Å². The van der Waals surface area contributed by atoms with E-state index in [0.29, 0.717) is 0 Å². The van der Waals surface area contributed by atoms with Crippen molar-refractivity contribution in [3.05, 3.63) is 0 Å². The maximum Gasteiger partial charge on any atom is 0.0273 e. The maximum atomic E-state index is 3.92. The molecule has 0 aliphatic carbocycles. The van der Waals surface area contributed by atoms with E-state index in [9.17, 15) is 0 Å². The molecule has 0 saturated carbocycles. The van der Waals surface area contributed by atoms with Gasteiger partial charge in [0, 0.05) is 14.1 Å². The number of unbranched alkanes of at least 4 members (excludes halogenated alkanes) is 4. The summed E-state index contributed by atoms with van der Waals surface area (Å²) in [4.78, 5) is 7.84. The fourth-order valence-electron chi connectivity index (χ4n) is 0.906. The van der Waals surface area contributed by atoms with Crippen LogP contribution in [0, 0.1) is 0 Å². The molecular formula is C9H18N2. The summed E-state index contributed by atoms with van der Waals surface area (Å²) < 4.78 is 0. The average Bonchev–Trinajstić information content (AvgIpc) is 2.03. The molecule has 0 heterocycles. The third kappa shape index (κ3) is 9.34. The molecule has 0 radical (unpaired) electrons. The average molecular weight is 154 g/mol. The van der Waals surface area contributed by atoms with E-state index in [2.05, 4.69) is 9.98 Å². The topological polar surface area (TPSA) is 24.7 Å². The molecule has 0 aromatic rings. The molecule has 2 nitrogen and oxygen atoms in total. The molecule has 0 aliphatic heterocycles. The van der Waals surface area contributed by atoms with Gasteiger partial charge < -0.3 is 9.98 Å². The van der Waals surface area contributed by atoms with E-state index in [1.807, 2.05) is 26.5 Å². The molecule has 0 spiro atoms. The number of aliphatic imine (C=N–C) groups is 2. The fourth-order valence-corrected chi connectivity index (χ4v) is 0.906. The fraction of sp³-hybridized carbons (Fsp3) is 0.778. The van der Waals surface area contributed by atoms with Crippen LogP contribution in [0.2, 0.25) is 0 Å². The molecule has 0 rings (SSSR count). The van der Waals surface area contributed by atoms with Gasteiger partial charge in [-0.3, -0.25) is 0 Å². The third-order valence-electron chi connectivity index (χ3n) is 1.53. The van der Waals surface area contributed by atoms with Crippen LogP contribution in [0.5, 0.6) is 0 Å². The lowest BCUT2D eigenvalue weighted by molar-refractivity contribution is 0.723. The first kappa shape index (κ1) is 10.3. The summed E-state index contributed by atoms with van der Waals surface area (Å²) in [5.74, 6) is 0. The zero-order valence-electron chi connectivity index (χ0n) is 7.58. The lowest BCUT2D eigenvalue weighted by Crippen LogP contribution is -1.80. The Kier molecular flexibility index (Phi) is 8.78. The first-order chi connectivity index (χ1) is 5.41. The third-order valence-corrected chi connectivity index (χ3v) is 1.53. The molecule has 0 amide bonds. The summed E-state index contributed by atoms with van der Waals surface area (Å²) in [6, 6.07) is 0. The SMILES string of the molecule is CN=CCCCCCC=NC. The van der Waals surface area contributed by atoms with Gasteiger partial charge in [0.25, 0.3) is 0 Å². The van der Waals surface area contributed by atoms with E-state index in [1.54, 1.807) is 0 Å². The van der Waals surface area contributed by atoms with Crippen LogP contribution in [-0.2, 0) is 0 Å². The van der Waals surface area contributed by atoms with Gasteiger partial charge in [0.1, 0.15) is 0 Å². The Morgan fingerprint density at radius 2 is 1.27 bits per heavy atom. The highest BCUT2D eigenvalue weighted by Crippen LogP contribution is 1.99. The minimum atomic E-state index is 1.12. The molecule has 0 atom stereocenters. The number of nitrogens with zero attached hydrogens (tertiary/aromatic N) is 2. The summed E-state index contributed by atoms with van der Waals surface area (Å²) in [6.07, 6.45) is 10.0. The highest BCUT2D eigenvalue weighted by Gasteiger charge is 1.85. The van der Waals surface area contributed by atoms with Gasteiger partial charge in [-0.2, -0.15) is 0 Å². The second-order valence-electron chi connectivity index (χ2n) is 2.52. The lowest BCUT2D eigenvalue weighted by atomic mass is 10.2. The zero-order valence-corrected chi connectivity index (χ0v) is 7.58. The summed E-state index contributed by atoms with van der Waals surface area (Å²) in [5.41, 5.74) is 0. The van der Waals surface area contributed by atoms with Crippen molar-refractivity contribution in [1.82, 2.24) is 0 Å². The van der Waals surface area contributed by atoms with E-state index in [-0.39, 0.29) is 0 Å². The molecule has 0 aromatic carbocycles. The van der Waals surface area contributed by atoms with Gasteiger partial charge in [0.15, 0.2) is 0 Å². The molecule has 0 unspecified atom stereocenters. The molecule has 0 N–H and O–H groups in total. The van der Waals surface area contributed by atoms with Crippen molar-refractivity contribution >= 4 is 12.4 Å². The van der Waals surface area contributed by atoms with Gasteiger partial charge in [-0.1, -0.05) is 6.42 Å². The highest BCUT2D eigenvalue weighted by atomic mass is 14.6. The van der Waals surface area contributed by atoms with Crippen LogP contribution in [0.25, 0.3) is 0 Å². The smallest absolute Gasteiger partial charge is 0.0273 e. The monoisotopic (exact) mass is 154 g/mol. The van der Waals surface area contributed by atoms with Crippen molar-refractivity contribution in [3.8, 4) is 0 Å². The molecule has 11 heavy (non-hydrogen) atoms. The van der Waals surface area contributed by atoms with Crippen molar-refractivity contribution in [1.29, 1.82) is 0 Å². The van der Waals surface area contributed by atoms with E-state index < -0.39 is 0 Å². The first-order valence-electron chi connectivity index (χ1n) is 4.23. The van der Waals surface area contributed by atoms with Crippen molar-refractivity contribution < 1.29 is 0 Å². The van der Waals surface area contributed by atoms with Crippen LogP contribution < -0.4 is 0 Å². The lowest BCUT2D eigenvalue weighted by Gasteiger charge is -1.93. The molecule has 2 heteroatoms. The standard InChI is InChI=1S/C9H18N2/c1-10-8-6-4-3-5-7-9-11-2/h8-9H,3-7H2,1-2H3. The first-order valence-corrected chi connectivity index (χ1v) is 4.23.